The van der Waals surface area contributed by atoms with E-state index in [9.17, 15) is 8.42 Å². The van der Waals surface area contributed by atoms with Gasteiger partial charge in [-0.3, -0.25) is 10.1 Å². The molecule has 1 unspecified atom stereocenters. The van der Waals surface area contributed by atoms with Crippen LogP contribution in [0, 0.1) is 0 Å². The first-order valence-corrected chi connectivity index (χ1v) is 9.92. The van der Waals surface area contributed by atoms with E-state index >= 15 is 0 Å². The number of hydrazine groups is 1. The molecule has 0 bridgehead atoms. The Morgan fingerprint density at radius 1 is 1.12 bits per heavy atom. The molecular formula is C15H17N3O4S2. The van der Waals surface area contributed by atoms with E-state index in [0.29, 0.717) is 34.6 Å². The Hall–Kier alpha value is -1.81. The van der Waals surface area contributed by atoms with Crippen LogP contribution >= 0.6 is 11.3 Å². The molecule has 1 atom stereocenters. The van der Waals surface area contributed by atoms with Crippen LogP contribution in [-0.4, -0.2) is 28.2 Å². The summed E-state index contributed by atoms with van der Waals surface area (Å²) in [5, 5.41) is 0. The average Bonchev–Trinajstić information content (AvgIpc) is 3.25. The van der Waals surface area contributed by atoms with Crippen LogP contribution in [0.1, 0.15) is 17.3 Å². The van der Waals surface area contributed by atoms with Crippen molar-refractivity contribution >= 4 is 27.0 Å². The number of hydrogen-bond acceptors (Lipinski definition) is 7. The van der Waals surface area contributed by atoms with E-state index in [1.54, 1.807) is 24.3 Å². The molecule has 0 spiro atoms. The first-order valence-electron chi connectivity index (χ1n) is 7.62. The molecule has 0 aliphatic carbocycles. The quantitative estimate of drug-likeness (QED) is 0.764. The maximum absolute atomic E-state index is 12.6. The second-order valence-electron chi connectivity index (χ2n) is 5.53. The van der Waals surface area contributed by atoms with Crippen molar-refractivity contribution in [1.82, 2.24) is 10.9 Å². The molecule has 7 nitrogen and oxygen atoms in total. The minimum absolute atomic E-state index is 0.160. The number of ether oxygens (including phenoxy) is 2. The lowest BCUT2D eigenvalue weighted by Crippen LogP contribution is -2.24. The van der Waals surface area contributed by atoms with Crippen molar-refractivity contribution < 1.29 is 17.9 Å². The molecule has 1 aromatic heterocycles. The maximum Gasteiger partial charge on any atom is 0.271 e. The molecule has 2 aliphatic rings. The van der Waals surface area contributed by atoms with E-state index in [1.165, 1.54) is 11.3 Å². The summed E-state index contributed by atoms with van der Waals surface area (Å²) >= 11 is 1.28. The lowest BCUT2D eigenvalue weighted by Gasteiger charge is -2.19. The van der Waals surface area contributed by atoms with Crippen LogP contribution in [0.3, 0.4) is 0 Å². The minimum Gasteiger partial charge on any atom is -0.486 e. The van der Waals surface area contributed by atoms with Crippen LogP contribution in [0.2, 0.25) is 0 Å². The van der Waals surface area contributed by atoms with Gasteiger partial charge >= 0.3 is 0 Å². The number of rotatable bonds is 4. The highest BCUT2D eigenvalue weighted by Crippen LogP contribution is 2.34. The van der Waals surface area contributed by atoms with Crippen molar-refractivity contribution in [1.29, 1.82) is 0 Å². The third kappa shape index (κ3) is 3.07. The van der Waals surface area contributed by atoms with Gasteiger partial charge in [-0.25, -0.2) is 13.8 Å². The third-order valence-electron chi connectivity index (χ3n) is 3.84. The zero-order valence-electron chi connectivity index (χ0n) is 12.7. The van der Waals surface area contributed by atoms with Gasteiger partial charge in [-0.05, 0) is 30.7 Å². The van der Waals surface area contributed by atoms with Crippen molar-refractivity contribution in [2.75, 3.05) is 24.5 Å². The summed E-state index contributed by atoms with van der Waals surface area (Å²) < 4.78 is 39.0. The van der Waals surface area contributed by atoms with Gasteiger partial charge in [0.15, 0.2) is 11.5 Å². The molecule has 2 aromatic rings. The maximum atomic E-state index is 12.6. The molecule has 1 fully saturated rings. The van der Waals surface area contributed by atoms with Gasteiger partial charge in [-0.2, -0.15) is 0 Å². The molecule has 1 aromatic carbocycles. The lowest BCUT2D eigenvalue weighted by molar-refractivity contribution is 0.171. The normalized spacial score (nSPS) is 20.1. The molecule has 128 valence electrons. The Bertz CT molecular complexity index is 844. The lowest BCUT2D eigenvalue weighted by atomic mass is 10.2. The predicted molar refractivity (Wildman–Crippen MR) is 91.1 cm³/mol. The molecule has 24 heavy (non-hydrogen) atoms. The van der Waals surface area contributed by atoms with Crippen LogP contribution in [-0.2, 0) is 10.0 Å². The number of anilines is 1. The fraction of sp³-hybridized carbons (Fsp3) is 0.333. The largest absolute Gasteiger partial charge is 0.486 e. The highest BCUT2D eigenvalue weighted by atomic mass is 32.2. The summed E-state index contributed by atoms with van der Waals surface area (Å²) in [6, 6.07) is 8.67. The van der Waals surface area contributed by atoms with Crippen LogP contribution in [0.15, 0.2) is 34.5 Å². The number of nitrogens with one attached hydrogen (secondary N) is 3. The second kappa shape index (κ2) is 6.25. The number of fused-ring (bicyclic) bond motifs is 1. The molecular weight excluding hydrogens is 350 g/mol. The highest BCUT2D eigenvalue weighted by molar-refractivity contribution is 7.94. The smallest absolute Gasteiger partial charge is 0.271 e. The van der Waals surface area contributed by atoms with Crippen LogP contribution < -0.4 is 25.0 Å². The average molecular weight is 367 g/mol. The van der Waals surface area contributed by atoms with Gasteiger partial charge in [-0.15, -0.1) is 11.3 Å². The number of benzene rings is 1. The zero-order chi connectivity index (χ0) is 16.6. The summed E-state index contributed by atoms with van der Waals surface area (Å²) in [6.45, 7) is 1.83. The van der Waals surface area contributed by atoms with Crippen molar-refractivity contribution in [2.45, 2.75) is 16.7 Å². The minimum atomic E-state index is -3.62. The molecule has 2 aliphatic heterocycles. The second-order valence-corrected chi connectivity index (χ2v) is 8.56. The Balaban J connectivity index is 1.54. The molecule has 0 saturated carbocycles. The molecule has 9 heteroatoms. The Morgan fingerprint density at radius 2 is 1.96 bits per heavy atom. The molecule has 0 amide bonds. The molecule has 0 radical (unpaired) electrons. The SMILES string of the molecule is O=S(=O)(Nc1ccc2c(c1)OCCO2)c1ccc(C2CCNN2)s1. The van der Waals surface area contributed by atoms with Crippen LogP contribution in [0.5, 0.6) is 11.5 Å². The van der Waals surface area contributed by atoms with Gasteiger partial charge < -0.3 is 9.47 Å². The van der Waals surface area contributed by atoms with E-state index in [0.717, 1.165) is 17.8 Å². The van der Waals surface area contributed by atoms with Gasteiger partial charge in [0.1, 0.15) is 17.4 Å². The van der Waals surface area contributed by atoms with E-state index in [-0.39, 0.29) is 6.04 Å². The molecule has 1 saturated heterocycles. The number of thiophene rings is 1. The molecule has 3 heterocycles. The highest BCUT2D eigenvalue weighted by Gasteiger charge is 2.23. The Labute approximate surface area is 144 Å². The van der Waals surface area contributed by atoms with Crippen LogP contribution in [0.4, 0.5) is 5.69 Å². The van der Waals surface area contributed by atoms with Crippen molar-refractivity contribution in [2.24, 2.45) is 0 Å². The van der Waals surface area contributed by atoms with E-state index in [4.69, 9.17) is 9.47 Å². The van der Waals surface area contributed by atoms with Gasteiger partial charge in [-0.1, -0.05) is 0 Å². The fourth-order valence-electron chi connectivity index (χ4n) is 2.68. The van der Waals surface area contributed by atoms with Crippen molar-refractivity contribution in [3.63, 3.8) is 0 Å². The third-order valence-corrected chi connectivity index (χ3v) is 6.91. The summed E-state index contributed by atoms with van der Waals surface area (Å²) in [5.74, 6) is 1.18. The molecule has 3 N–H and O–H groups in total. The monoisotopic (exact) mass is 367 g/mol. The van der Waals surface area contributed by atoms with Gasteiger partial charge in [0, 0.05) is 17.5 Å². The topological polar surface area (TPSA) is 88.7 Å². The van der Waals surface area contributed by atoms with Crippen LogP contribution in [0.25, 0.3) is 0 Å². The Kier molecular flexibility index (Phi) is 4.09. The predicted octanol–water partition coefficient (Wildman–Crippen LogP) is 1.86. The van der Waals surface area contributed by atoms with Crippen molar-refractivity contribution in [3.05, 3.63) is 35.2 Å². The van der Waals surface area contributed by atoms with Crippen molar-refractivity contribution in [3.8, 4) is 11.5 Å². The number of hydrogen-bond donors (Lipinski definition) is 3. The first kappa shape index (κ1) is 15.7. The summed E-state index contributed by atoms with van der Waals surface area (Å²) in [7, 11) is -3.62. The Morgan fingerprint density at radius 3 is 2.75 bits per heavy atom. The first-order chi connectivity index (χ1) is 11.6. The van der Waals surface area contributed by atoms with E-state index < -0.39 is 10.0 Å². The van der Waals surface area contributed by atoms with Gasteiger partial charge in [0.25, 0.3) is 10.0 Å². The summed E-state index contributed by atoms with van der Waals surface area (Å²) in [4.78, 5) is 1.00. The fourth-order valence-corrected chi connectivity index (χ4v) is 5.14. The van der Waals surface area contributed by atoms with Gasteiger partial charge in [0.2, 0.25) is 0 Å². The van der Waals surface area contributed by atoms with E-state index in [1.807, 2.05) is 6.07 Å². The zero-order valence-corrected chi connectivity index (χ0v) is 14.4. The summed E-state index contributed by atoms with van der Waals surface area (Å²) in [5.41, 5.74) is 6.64. The summed E-state index contributed by atoms with van der Waals surface area (Å²) in [6.07, 6.45) is 0.940. The standard InChI is InChI=1S/C15H17N3O4S2/c19-24(20,15-4-3-14(23-15)11-5-6-16-17-11)18-10-1-2-12-13(9-10)22-8-7-21-12/h1-4,9,11,16-18H,5-8H2. The molecule has 4 rings (SSSR count). The number of sulfonamides is 1. The van der Waals surface area contributed by atoms with E-state index in [2.05, 4.69) is 15.6 Å². The van der Waals surface area contributed by atoms with Gasteiger partial charge in [0.05, 0.1) is 11.7 Å².